The first-order chi connectivity index (χ1) is 8.60. The van der Waals surface area contributed by atoms with Gasteiger partial charge in [0.1, 0.15) is 6.04 Å². The van der Waals surface area contributed by atoms with Crippen molar-refractivity contribution >= 4 is 17.7 Å². The van der Waals surface area contributed by atoms with Gasteiger partial charge in [0, 0.05) is 11.3 Å². The highest BCUT2D eigenvalue weighted by Crippen LogP contribution is 2.17. The zero-order valence-electron chi connectivity index (χ0n) is 10.5. The van der Waals surface area contributed by atoms with Crippen LogP contribution >= 0.6 is 11.8 Å². The quantitative estimate of drug-likeness (QED) is 0.700. The molecule has 3 unspecified atom stereocenters. The molecule has 3 N–H and O–H groups in total. The Kier molecular flexibility index (Phi) is 6.18. The van der Waals surface area contributed by atoms with Crippen molar-refractivity contribution in [3.63, 3.8) is 0 Å². The zero-order valence-corrected chi connectivity index (χ0v) is 11.4. The van der Waals surface area contributed by atoms with Crippen molar-refractivity contribution < 1.29 is 15.0 Å². The lowest BCUT2D eigenvalue weighted by Crippen LogP contribution is -2.42. The van der Waals surface area contributed by atoms with Crippen molar-refractivity contribution in [2.75, 3.05) is 12.9 Å². The van der Waals surface area contributed by atoms with Crippen molar-refractivity contribution in [2.24, 2.45) is 0 Å². The van der Waals surface area contributed by atoms with Crippen LogP contribution in [0.4, 0.5) is 0 Å². The number of aliphatic carboxylic acids is 1. The minimum Gasteiger partial charge on any atom is -0.480 e. The molecule has 0 aliphatic heterocycles. The average molecular weight is 269 g/mol. The molecule has 18 heavy (non-hydrogen) atoms. The van der Waals surface area contributed by atoms with E-state index in [0.717, 1.165) is 5.56 Å². The van der Waals surface area contributed by atoms with E-state index in [1.165, 1.54) is 11.8 Å². The molecular weight excluding hydrogens is 250 g/mol. The summed E-state index contributed by atoms with van der Waals surface area (Å²) in [6.45, 7) is 1.91. The summed E-state index contributed by atoms with van der Waals surface area (Å²) in [4.78, 5) is 11.3. The highest BCUT2D eigenvalue weighted by atomic mass is 32.2. The summed E-state index contributed by atoms with van der Waals surface area (Å²) < 4.78 is 0. The lowest BCUT2D eigenvalue weighted by Gasteiger charge is -2.25. The molecule has 0 aliphatic rings. The number of hydrogen-bond donors (Lipinski definition) is 3. The Labute approximate surface area is 111 Å². The molecule has 5 heteroatoms. The number of hydrogen-bond acceptors (Lipinski definition) is 4. The smallest absolute Gasteiger partial charge is 0.325 e. The number of rotatable bonds is 7. The van der Waals surface area contributed by atoms with Crippen LogP contribution in [0.15, 0.2) is 30.3 Å². The van der Waals surface area contributed by atoms with Gasteiger partial charge in [-0.05, 0) is 18.7 Å². The van der Waals surface area contributed by atoms with Crippen molar-refractivity contribution in [2.45, 2.75) is 24.3 Å². The van der Waals surface area contributed by atoms with Gasteiger partial charge in [-0.1, -0.05) is 30.3 Å². The van der Waals surface area contributed by atoms with E-state index in [1.807, 2.05) is 31.4 Å². The van der Waals surface area contributed by atoms with Gasteiger partial charge in [-0.25, -0.2) is 0 Å². The second-order valence-electron chi connectivity index (χ2n) is 4.09. The van der Waals surface area contributed by atoms with Gasteiger partial charge in [-0.15, -0.1) is 0 Å². The summed E-state index contributed by atoms with van der Waals surface area (Å²) in [5.74, 6) is -0.911. The molecule has 0 radical (unpaired) electrons. The molecule has 0 bridgehead atoms. The van der Waals surface area contributed by atoms with E-state index in [2.05, 4.69) is 5.32 Å². The third-order valence-electron chi connectivity index (χ3n) is 2.85. The van der Waals surface area contributed by atoms with Crippen LogP contribution in [0.3, 0.4) is 0 Å². The first kappa shape index (κ1) is 15.0. The minimum atomic E-state index is -0.911. The van der Waals surface area contributed by atoms with Crippen LogP contribution in [0.1, 0.15) is 18.5 Å². The Morgan fingerprint density at radius 1 is 1.39 bits per heavy atom. The lowest BCUT2D eigenvalue weighted by atomic mass is 10.1. The lowest BCUT2D eigenvalue weighted by molar-refractivity contribution is -0.139. The van der Waals surface area contributed by atoms with E-state index in [1.54, 1.807) is 12.1 Å². The molecule has 3 atom stereocenters. The van der Waals surface area contributed by atoms with Crippen molar-refractivity contribution in [3.05, 3.63) is 35.9 Å². The number of thioether (sulfide) groups is 1. The van der Waals surface area contributed by atoms with Gasteiger partial charge < -0.3 is 10.2 Å². The van der Waals surface area contributed by atoms with Gasteiger partial charge in [-0.2, -0.15) is 11.8 Å². The number of carbonyl (C=O) groups is 1. The van der Waals surface area contributed by atoms with Crippen molar-refractivity contribution in [1.29, 1.82) is 0 Å². The van der Waals surface area contributed by atoms with Gasteiger partial charge in [0.15, 0.2) is 0 Å². The molecule has 1 aromatic carbocycles. The van der Waals surface area contributed by atoms with Gasteiger partial charge in [0.25, 0.3) is 0 Å². The molecule has 0 saturated heterocycles. The van der Waals surface area contributed by atoms with Gasteiger partial charge >= 0.3 is 5.97 Å². The largest absolute Gasteiger partial charge is 0.480 e. The van der Waals surface area contributed by atoms with Crippen molar-refractivity contribution in [3.8, 4) is 0 Å². The molecule has 0 aliphatic carbocycles. The van der Waals surface area contributed by atoms with E-state index in [0.29, 0.717) is 0 Å². The summed E-state index contributed by atoms with van der Waals surface area (Å²) >= 11 is 1.52. The van der Waals surface area contributed by atoms with Crippen LogP contribution in [0.25, 0.3) is 0 Å². The number of carboxylic acids is 1. The molecule has 100 valence electrons. The third-order valence-corrected chi connectivity index (χ3v) is 4.01. The molecule has 0 amide bonds. The second-order valence-corrected chi connectivity index (χ2v) is 5.17. The third kappa shape index (κ3) is 4.01. The van der Waals surface area contributed by atoms with E-state index >= 15 is 0 Å². The summed E-state index contributed by atoms with van der Waals surface area (Å²) in [5.41, 5.74) is 0.717. The number of aliphatic hydroxyl groups excluding tert-OH is 1. The van der Waals surface area contributed by atoms with Crippen LogP contribution in [0.2, 0.25) is 0 Å². The van der Waals surface area contributed by atoms with E-state index in [4.69, 9.17) is 0 Å². The molecule has 0 saturated carbocycles. The summed E-state index contributed by atoms with van der Waals surface area (Å²) in [7, 11) is 0. The minimum absolute atomic E-state index is 0.0180. The fraction of sp³-hybridized carbons (Fsp3) is 0.462. The summed E-state index contributed by atoms with van der Waals surface area (Å²) in [5, 5.41) is 21.5. The van der Waals surface area contributed by atoms with Crippen LogP contribution in [0.5, 0.6) is 0 Å². The highest BCUT2D eigenvalue weighted by molar-refractivity contribution is 7.99. The maximum Gasteiger partial charge on any atom is 0.325 e. The Bertz CT molecular complexity index is 368. The average Bonchev–Trinajstić information content (AvgIpc) is 2.38. The van der Waals surface area contributed by atoms with E-state index in [-0.39, 0.29) is 17.9 Å². The second kappa shape index (κ2) is 7.41. The monoisotopic (exact) mass is 269 g/mol. The fourth-order valence-electron chi connectivity index (χ4n) is 1.76. The standard InChI is InChI=1S/C13H19NO3S/c1-9(11(8-15)18-2)14-12(13(16)17)10-6-4-3-5-7-10/h3-7,9,11-12,14-15H,8H2,1-2H3,(H,16,17). The Morgan fingerprint density at radius 2 is 2.00 bits per heavy atom. The Morgan fingerprint density at radius 3 is 2.44 bits per heavy atom. The molecule has 1 rings (SSSR count). The first-order valence-corrected chi connectivity index (χ1v) is 7.06. The maximum atomic E-state index is 11.3. The normalized spacial score (nSPS) is 15.9. The molecule has 0 spiro atoms. The van der Waals surface area contributed by atoms with Crippen LogP contribution in [0, 0.1) is 0 Å². The molecule has 4 nitrogen and oxygen atoms in total. The van der Waals surface area contributed by atoms with Gasteiger partial charge in [0.2, 0.25) is 0 Å². The SMILES string of the molecule is CSC(CO)C(C)NC(C(=O)O)c1ccccc1. The van der Waals surface area contributed by atoms with Crippen LogP contribution in [-0.4, -0.2) is 40.3 Å². The zero-order chi connectivity index (χ0) is 13.5. The molecule has 1 aromatic rings. The predicted molar refractivity (Wildman–Crippen MR) is 73.8 cm³/mol. The fourth-order valence-corrected chi connectivity index (χ4v) is 2.40. The molecule has 0 heterocycles. The number of nitrogens with one attached hydrogen (secondary N) is 1. The van der Waals surface area contributed by atoms with E-state index in [9.17, 15) is 15.0 Å². The summed E-state index contributed by atoms with van der Waals surface area (Å²) in [6.07, 6.45) is 1.90. The summed E-state index contributed by atoms with van der Waals surface area (Å²) in [6, 6.07) is 8.21. The van der Waals surface area contributed by atoms with Gasteiger partial charge in [0.05, 0.1) is 6.61 Å². The number of carboxylic acid groups (broad SMARTS) is 1. The van der Waals surface area contributed by atoms with Gasteiger partial charge in [-0.3, -0.25) is 10.1 Å². The Hall–Kier alpha value is -1.04. The topological polar surface area (TPSA) is 69.6 Å². The first-order valence-electron chi connectivity index (χ1n) is 5.77. The molecule has 0 aromatic heterocycles. The maximum absolute atomic E-state index is 11.3. The Balaban J connectivity index is 2.79. The number of aliphatic hydroxyl groups is 1. The predicted octanol–water partition coefficient (Wildman–Crippen LogP) is 1.51. The number of benzene rings is 1. The molecular formula is C13H19NO3S. The van der Waals surface area contributed by atoms with Crippen LogP contribution in [-0.2, 0) is 4.79 Å². The van der Waals surface area contributed by atoms with E-state index < -0.39 is 12.0 Å². The van der Waals surface area contributed by atoms with Crippen molar-refractivity contribution in [1.82, 2.24) is 5.32 Å². The molecule has 0 fully saturated rings. The highest BCUT2D eigenvalue weighted by Gasteiger charge is 2.24. The van der Waals surface area contributed by atoms with Crippen LogP contribution < -0.4 is 5.32 Å².